The Morgan fingerprint density at radius 3 is 2.30 bits per heavy atom. The van der Waals surface area contributed by atoms with Gasteiger partial charge in [0, 0.05) is 12.1 Å². The van der Waals surface area contributed by atoms with Crippen LogP contribution in [0.5, 0.6) is 5.75 Å². The summed E-state index contributed by atoms with van der Waals surface area (Å²) in [6.07, 6.45) is 2.46. The molecule has 0 atom stereocenters. The number of hydrogen-bond acceptors (Lipinski definition) is 4. The predicted octanol–water partition coefficient (Wildman–Crippen LogP) is 2.14. The maximum absolute atomic E-state index is 12.5. The number of ether oxygens (including phenoxy) is 1. The number of hydrogen-bond donors (Lipinski definition) is 3. The van der Waals surface area contributed by atoms with Crippen molar-refractivity contribution in [1.29, 1.82) is 0 Å². The Balaban J connectivity index is 2.23. The van der Waals surface area contributed by atoms with Gasteiger partial charge in [0.25, 0.3) is 11.8 Å². The van der Waals surface area contributed by atoms with Crippen molar-refractivity contribution in [3.8, 4) is 5.75 Å². The Bertz CT molecular complexity index is 796. The normalized spacial score (nSPS) is 11.0. The molecule has 0 aliphatic heterocycles. The number of nitrogens with one attached hydrogen (secondary N) is 2. The van der Waals surface area contributed by atoms with Gasteiger partial charge in [-0.3, -0.25) is 9.59 Å². The van der Waals surface area contributed by atoms with Crippen LogP contribution in [0.1, 0.15) is 28.4 Å². The fourth-order valence-corrected chi connectivity index (χ4v) is 2.38. The van der Waals surface area contributed by atoms with Crippen LogP contribution in [0.2, 0.25) is 0 Å². The number of amides is 2. The Kier molecular flexibility index (Phi) is 7.58. The highest BCUT2D eigenvalue weighted by Crippen LogP contribution is 2.14. The smallest absolute Gasteiger partial charge is 0.267 e. The zero-order chi connectivity index (χ0) is 19.6. The van der Waals surface area contributed by atoms with Crippen LogP contribution < -0.4 is 15.4 Å². The van der Waals surface area contributed by atoms with Crippen molar-refractivity contribution in [3.63, 3.8) is 0 Å². The summed E-state index contributed by atoms with van der Waals surface area (Å²) in [5.41, 5.74) is 2.41. The van der Waals surface area contributed by atoms with Crippen molar-refractivity contribution in [1.82, 2.24) is 10.6 Å². The maximum atomic E-state index is 12.5. The summed E-state index contributed by atoms with van der Waals surface area (Å²) in [5, 5.41) is 14.1. The van der Waals surface area contributed by atoms with Crippen molar-refractivity contribution < 1.29 is 19.4 Å². The van der Waals surface area contributed by atoms with Gasteiger partial charge >= 0.3 is 0 Å². The number of aliphatic hydroxyl groups excluding tert-OH is 1. The first-order valence-electron chi connectivity index (χ1n) is 8.72. The summed E-state index contributed by atoms with van der Waals surface area (Å²) in [5.74, 6) is -0.159. The fraction of sp³-hybridized carbons (Fsp3) is 0.238. The zero-order valence-electron chi connectivity index (χ0n) is 15.5. The van der Waals surface area contributed by atoms with E-state index in [1.54, 1.807) is 49.6 Å². The van der Waals surface area contributed by atoms with E-state index in [4.69, 9.17) is 9.84 Å². The lowest BCUT2D eigenvalue weighted by molar-refractivity contribution is -0.117. The standard InChI is InChI=1S/C21H24N2O4/c1-3-15-4-8-17(9-5-15)20(25)23-19(21(26)22-12-13-24)14-16-6-10-18(27-2)11-7-16/h4-11,14,24H,3,12-13H2,1-2H3,(H,22,26)(H,23,25)/b19-14-. The van der Waals surface area contributed by atoms with E-state index in [1.807, 2.05) is 19.1 Å². The number of aliphatic hydroxyl groups is 1. The van der Waals surface area contributed by atoms with E-state index >= 15 is 0 Å². The van der Waals surface area contributed by atoms with Crippen LogP contribution in [0, 0.1) is 0 Å². The molecule has 0 radical (unpaired) electrons. The third-order valence-electron chi connectivity index (χ3n) is 3.94. The molecule has 0 saturated heterocycles. The molecular weight excluding hydrogens is 344 g/mol. The molecule has 6 nitrogen and oxygen atoms in total. The van der Waals surface area contributed by atoms with Gasteiger partial charge in [-0.1, -0.05) is 31.2 Å². The van der Waals surface area contributed by atoms with Crippen LogP contribution in [-0.2, 0) is 11.2 Å². The summed E-state index contributed by atoms with van der Waals surface area (Å²) in [6, 6.07) is 14.3. The molecule has 0 saturated carbocycles. The highest BCUT2D eigenvalue weighted by molar-refractivity contribution is 6.05. The number of rotatable bonds is 8. The molecule has 0 aliphatic carbocycles. The summed E-state index contributed by atoms with van der Waals surface area (Å²) < 4.78 is 5.12. The molecule has 2 rings (SSSR count). The molecule has 0 bridgehead atoms. The van der Waals surface area contributed by atoms with Gasteiger partial charge in [-0.2, -0.15) is 0 Å². The van der Waals surface area contributed by atoms with Gasteiger partial charge in [-0.05, 0) is 47.9 Å². The van der Waals surface area contributed by atoms with Gasteiger partial charge in [0.05, 0.1) is 13.7 Å². The molecule has 2 aromatic carbocycles. The Morgan fingerprint density at radius 2 is 1.74 bits per heavy atom. The van der Waals surface area contributed by atoms with Crippen LogP contribution in [0.15, 0.2) is 54.2 Å². The maximum Gasteiger partial charge on any atom is 0.267 e. The van der Waals surface area contributed by atoms with E-state index in [2.05, 4.69) is 10.6 Å². The molecular formula is C21H24N2O4. The van der Waals surface area contributed by atoms with Crippen molar-refractivity contribution in [2.24, 2.45) is 0 Å². The molecule has 2 amide bonds. The number of carbonyl (C=O) groups excluding carboxylic acids is 2. The summed E-state index contributed by atoms with van der Waals surface area (Å²) >= 11 is 0. The van der Waals surface area contributed by atoms with Gasteiger partial charge in [0.1, 0.15) is 11.4 Å². The first kappa shape index (κ1) is 20.2. The minimum Gasteiger partial charge on any atom is -0.497 e. The topological polar surface area (TPSA) is 87.7 Å². The van der Waals surface area contributed by atoms with Gasteiger partial charge in [-0.25, -0.2) is 0 Å². The molecule has 142 valence electrons. The van der Waals surface area contributed by atoms with Crippen LogP contribution in [-0.4, -0.2) is 37.2 Å². The molecule has 0 aliphatic rings. The molecule has 2 aromatic rings. The van der Waals surface area contributed by atoms with Crippen LogP contribution >= 0.6 is 0 Å². The molecule has 0 heterocycles. The second-order valence-electron chi connectivity index (χ2n) is 5.82. The van der Waals surface area contributed by atoms with Gasteiger partial charge in [0.15, 0.2) is 0 Å². The average molecular weight is 368 g/mol. The number of aryl methyl sites for hydroxylation is 1. The number of methoxy groups -OCH3 is 1. The zero-order valence-corrected chi connectivity index (χ0v) is 15.5. The highest BCUT2D eigenvalue weighted by Gasteiger charge is 2.14. The second kappa shape index (κ2) is 10.1. The van der Waals surface area contributed by atoms with Crippen molar-refractivity contribution in [3.05, 3.63) is 70.9 Å². The minimum atomic E-state index is -0.474. The number of benzene rings is 2. The lowest BCUT2D eigenvalue weighted by Gasteiger charge is -2.11. The summed E-state index contributed by atoms with van der Waals surface area (Å²) in [6.45, 7) is 1.95. The predicted molar refractivity (Wildman–Crippen MR) is 104 cm³/mol. The number of carbonyl (C=O) groups is 2. The van der Waals surface area contributed by atoms with Gasteiger partial charge in [-0.15, -0.1) is 0 Å². The van der Waals surface area contributed by atoms with E-state index < -0.39 is 5.91 Å². The summed E-state index contributed by atoms with van der Waals surface area (Å²) in [7, 11) is 1.57. The second-order valence-corrected chi connectivity index (χ2v) is 5.82. The Morgan fingerprint density at radius 1 is 1.07 bits per heavy atom. The van der Waals surface area contributed by atoms with Gasteiger partial charge in [0.2, 0.25) is 0 Å². The van der Waals surface area contributed by atoms with E-state index in [0.29, 0.717) is 11.3 Å². The average Bonchev–Trinajstić information content (AvgIpc) is 2.72. The molecule has 0 fully saturated rings. The Hall–Kier alpha value is -3.12. The highest BCUT2D eigenvalue weighted by atomic mass is 16.5. The molecule has 0 unspecified atom stereocenters. The molecule has 3 N–H and O–H groups in total. The first-order valence-corrected chi connectivity index (χ1v) is 8.72. The van der Waals surface area contributed by atoms with E-state index in [9.17, 15) is 9.59 Å². The van der Waals surface area contributed by atoms with E-state index in [0.717, 1.165) is 17.5 Å². The quantitative estimate of drug-likeness (QED) is 0.623. The van der Waals surface area contributed by atoms with Crippen LogP contribution in [0.3, 0.4) is 0 Å². The third kappa shape index (κ3) is 5.97. The van der Waals surface area contributed by atoms with Crippen molar-refractivity contribution in [2.75, 3.05) is 20.3 Å². The minimum absolute atomic E-state index is 0.0955. The van der Waals surface area contributed by atoms with Gasteiger partial charge < -0.3 is 20.5 Å². The van der Waals surface area contributed by atoms with E-state index in [1.165, 1.54) is 0 Å². The molecule has 0 spiro atoms. The lowest BCUT2D eigenvalue weighted by Crippen LogP contribution is -2.36. The SMILES string of the molecule is CCc1ccc(C(=O)N/C(=C\c2ccc(OC)cc2)C(=O)NCCO)cc1. The van der Waals surface area contributed by atoms with Crippen molar-refractivity contribution in [2.45, 2.75) is 13.3 Å². The summed E-state index contributed by atoms with van der Waals surface area (Å²) in [4.78, 5) is 24.9. The fourth-order valence-electron chi connectivity index (χ4n) is 2.38. The van der Waals surface area contributed by atoms with Crippen LogP contribution in [0.25, 0.3) is 6.08 Å². The first-order chi connectivity index (χ1) is 13.1. The Labute approximate surface area is 158 Å². The third-order valence-corrected chi connectivity index (χ3v) is 3.94. The van der Waals surface area contributed by atoms with Crippen LogP contribution in [0.4, 0.5) is 0 Å². The van der Waals surface area contributed by atoms with E-state index in [-0.39, 0.29) is 24.8 Å². The van der Waals surface area contributed by atoms with Crippen molar-refractivity contribution >= 4 is 17.9 Å². The molecule has 6 heteroatoms. The largest absolute Gasteiger partial charge is 0.497 e. The molecule has 27 heavy (non-hydrogen) atoms. The monoisotopic (exact) mass is 368 g/mol. The molecule has 0 aromatic heterocycles. The lowest BCUT2D eigenvalue weighted by atomic mass is 10.1.